The molecule has 1 fully saturated rings. The maximum absolute atomic E-state index is 6.16. The molecule has 30 heavy (non-hydrogen) atoms. The van der Waals surface area contributed by atoms with Gasteiger partial charge in [-0.1, -0.05) is 29.8 Å². The molecule has 0 aliphatic carbocycles. The van der Waals surface area contributed by atoms with Crippen LogP contribution in [0.25, 0.3) is 0 Å². The van der Waals surface area contributed by atoms with Gasteiger partial charge in [0.25, 0.3) is 0 Å². The Balaban J connectivity index is 0.00000256. The lowest BCUT2D eigenvalue weighted by Gasteiger charge is -2.32. The van der Waals surface area contributed by atoms with E-state index in [9.17, 15) is 0 Å². The molecule has 0 spiro atoms. The average Bonchev–Trinajstić information content (AvgIpc) is 3.35. The third-order valence-electron chi connectivity index (χ3n) is 5.79. The molecule has 2 atom stereocenters. The summed E-state index contributed by atoms with van der Waals surface area (Å²) < 4.78 is 8.36. The minimum atomic E-state index is 0. The number of guanidine groups is 1. The van der Waals surface area contributed by atoms with Crippen LogP contribution in [0, 0.1) is 12.8 Å². The average molecular weight is 524 g/mol. The van der Waals surface area contributed by atoms with Crippen LogP contribution in [0.4, 0.5) is 0 Å². The standard InChI is InChI=1S/C22H32N6O.HI/c1-3-23-22(25-15-20-27-26-19-7-4-12-28(19)20)24-14-18-6-5-13-29-21(18)17-10-8-16(2)9-11-17;/h8-11,18,21H,3-7,12-15H2,1-2H3,(H2,23,24,25);1H. The molecule has 2 aromatic rings. The molecule has 8 heteroatoms. The van der Waals surface area contributed by atoms with E-state index in [1.807, 2.05) is 0 Å². The van der Waals surface area contributed by atoms with Crippen LogP contribution in [0.2, 0.25) is 0 Å². The molecule has 3 heterocycles. The zero-order chi connectivity index (χ0) is 20.1. The van der Waals surface area contributed by atoms with E-state index in [2.05, 4.69) is 63.5 Å². The number of rotatable bonds is 6. The van der Waals surface area contributed by atoms with Crippen LogP contribution in [-0.2, 0) is 24.2 Å². The second-order valence-electron chi connectivity index (χ2n) is 7.97. The zero-order valence-electron chi connectivity index (χ0n) is 17.9. The Morgan fingerprint density at radius 2 is 2.03 bits per heavy atom. The number of hydrogen-bond acceptors (Lipinski definition) is 4. The highest BCUT2D eigenvalue weighted by molar-refractivity contribution is 14.0. The highest BCUT2D eigenvalue weighted by Crippen LogP contribution is 2.33. The molecule has 1 aromatic heterocycles. The molecule has 1 saturated heterocycles. The normalized spacial score (nSPS) is 21.1. The Morgan fingerprint density at radius 3 is 2.83 bits per heavy atom. The van der Waals surface area contributed by atoms with Crippen LogP contribution in [-0.4, -0.2) is 40.4 Å². The number of nitrogens with one attached hydrogen (secondary N) is 2. The smallest absolute Gasteiger partial charge is 0.191 e. The molecule has 0 saturated carbocycles. The van der Waals surface area contributed by atoms with Crippen molar-refractivity contribution in [3.05, 3.63) is 47.0 Å². The first kappa shape index (κ1) is 23.0. The van der Waals surface area contributed by atoms with Gasteiger partial charge in [-0.15, -0.1) is 34.2 Å². The molecule has 2 unspecified atom stereocenters. The van der Waals surface area contributed by atoms with E-state index in [0.717, 1.165) is 69.5 Å². The summed E-state index contributed by atoms with van der Waals surface area (Å²) in [6.45, 7) is 8.26. The second-order valence-corrected chi connectivity index (χ2v) is 7.97. The topological polar surface area (TPSA) is 76.4 Å². The van der Waals surface area contributed by atoms with Crippen molar-refractivity contribution < 1.29 is 4.74 Å². The van der Waals surface area contributed by atoms with Gasteiger partial charge in [-0.25, -0.2) is 4.99 Å². The van der Waals surface area contributed by atoms with E-state index < -0.39 is 0 Å². The van der Waals surface area contributed by atoms with Crippen molar-refractivity contribution in [3.63, 3.8) is 0 Å². The van der Waals surface area contributed by atoms with Gasteiger partial charge in [-0.3, -0.25) is 0 Å². The lowest BCUT2D eigenvalue weighted by Crippen LogP contribution is -2.42. The fraction of sp³-hybridized carbons (Fsp3) is 0.591. The van der Waals surface area contributed by atoms with Crippen molar-refractivity contribution in [2.45, 2.75) is 58.7 Å². The quantitative estimate of drug-likeness (QED) is 0.345. The van der Waals surface area contributed by atoms with Crippen molar-refractivity contribution >= 4 is 29.9 Å². The summed E-state index contributed by atoms with van der Waals surface area (Å²) in [5, 5.41) is 15.5. The van der Waals surface area contributed by atoms with E-state index in [4.69, 9.17) is 9.73 Å². The fourth-order valence-electron chi connectivity index (χ4n) is 4.22. The lowest BCUT2D eigenvalue weighted by molar-refractivity contribution is -0.0265. The molecule has 0 bridgehead atoms. The minimum Gasteiger partial charge on any atom is -0.373 e. The third kappa shape index (κ3) is 5.51. The number of aromatic nitrogens is 3. The summed E-state index contributed by atoms with van der Waals surface area (Å²) in [7, 11) is 0. The number of hydrogen-bond donors (Lipinski definition) is 2. The highest BCUT2D eigenvalue weighted by Gasteiger charge is 2.27. The Kier molecular flexibility index (Phi) is 8.50. The SMILES string of the molecule is CCNC(=NCc1nnc2n1CCC2)NCC1CCCOC1c1ccc(C)cc1.I. The van der Waals surface area contributed by atoms with Crippen molar-refractivity contribution in [1.82, 2.24) is 25.4 Å². The molecule has 1 aromatic carbocycles. The number of aryl methyl sites for hydroxylation is 2. The lowest BCUT2D eigenvalue weighted by atomic mass is 9.89. The fourth-order valence-corrected chi connectivity index (χ4v) is 4.22. The van der Waals surface area contributed by atoms with Crippen LogP contribution in [0.15, 0.2) is 29.3 Å². The molecule has 4 rings (SSSR count). The van der Waals surface area contributed by atoms with Gasteiger partial charge in [-0.2, -0.15) is 0 Å². The van der Waals surface area contributed by atoms with Crippen molar-refractivity contribution in [1.29, 1.82) is 0 Å². The van der Waals surface area contributed by atoms with Crippen LogP contribution < -0.4 is 10.6 Å². The molecule has 2 aliphatic heterocycles. The second kappa shape index (κ2) is 11.1. The summed E-state index contributed by atoms with van der Waals surface area (Å²) in [6, 6.07) is 8.73. The Morgan fingerprint density at radius 1 is 1.20 bits per heavy atom. The minimum absolute atomic E-state index is 0. The van der Waals surface area contributed by atoms with Gasteiger partial charge in [0.05, 0.1) is 6.10 Å². The number of ether oxygens (including phenoxy) is 1. The van der Waals surface area contributed by atoms with Crippen molar-refractivity contribution in [2.24, 2.45) is 10.9 Å². The first-order valence-electron chi connectivity index (χ1n) is 10.9. The number of halogens is 1. The van der Waals surface area contributed by atoms with E-state index in [-0.39, 0.29) is 30.1 Å². The molecule has 164 valence electrons. The molecular weight excluding hydrogens is 491 g/mol. The monoisotopic (exact) mass is 524 g/mol. The van der Waals surface area contributed by atoms with Crippen LogP contribution in [0.5, 0.6) is 0 Å². The number of aliphatic imine (C=N–C) groups is 1. The number of nitrogens with zero attached hydrogens (tertiary/aromatic N) is 4. The predicted molar refractivity (Wildman–Crippen MR) is 129 cm³/mol. The first-order valence-corrected chi connectivity index (χ1v) is 10.9. The molecular formula is C22H33IN6O. The summed E-state index contributed by atoms with van der Waals surface area (Å²) >= 11 is 0. The van der Waals surface area contributed by atoms with Gasteiger partial charge < -0.3 is 19.9 Å². The first-order chi connectivity index (χ1) is 14.2. The molecule has 0 amide bonds. The molecule has 2 aliphatic rings. The molecule has 2 N–H and O–H groups in total. The summed E-state index contributed by atoms with van der Waals surface area (Å²) in [6.07, 6.45) is 4.58. The highest BCUT2D eigenvalue weighted by atomic mass is 127. The van der Waals surface area contributed by atoms with Crippen molar-refractivity contribution in [2.75, 3.05) is 19.7 Å². The number of benzene rings is 1. The third-order valence-corrected chi connectivity index (χ3v) is 5.79. The van der Waals surface area contributed by atoms with Gasteiger partial charge in [0.2, 0.25) is 0 Å². The van der Waals surface area contributed by atoms with Gasteiger partial charge >= 0.3 is 0 Å². The molecule has 7 nitrogen and oxygen atoms in total. The van der Waals surface area contributed by atoms with E-state index in [1.165, 1.54) is 11.1 Å². The van der Waals surface area contributed by atoms with Crippen LogP contribution >= 0.6 is 24.0 Å². The van der Waals surface area contributed by atoms with Gasteiger partial charge in [0.1, 0.15) is 12.4 Å². The maximum atomic E-state index is 6.16. The summed E-state index contributed by atoms with van der Waals surface area (Å²) in [5.74, 6) is 3.30. The Bertz CT molecular complexity index is 835. The largest absolute Gasteiger partial charge is 0.373 e. The van der Waals surface area contributed by atoms with Crippen LogP contribution in [0.3, 0.4) is 0 Å². The Labute approximate surface area is 196 Å². The summed E-state index contributed by atoms with van der Waals surface area (Å²) in [4.78, 5) is 4.76. The van der Waals surface area contributed by atoms with Gasteiger partial charge in [0, 0.05) is 38.6 Å². The van der Waals surface area contributed by atoms with Crippen molar-refractivity contribution in [3.8, 4) is 0 Å². The van der Waals surface area contributed by atoms with Crippen LogP contribution in [0.1, 0.15) is 55.1 Å². The number of fused-ring (bicyclic) bond motifs is 1. The van der Waals surface area contributed by atoms with E-state index in [1.54, 1.807) is 0 Å². The molecule has 0 radical (unpaired) electrons. The van der Waals surface area contributed by atoms with E-state index in [0.29, 0.717) is 12.5 Å². The zero-order valence-corrected chi connectivity index (χ0v) is 20.3. The van der Waals surface area contributed by atoms with E-state index >= 15 is 0 Å². The Hall–Kier alpha value is -1.68. The maximum Gasteiger partial charge on any atom is 0.191 e. The van der Waals surface area contributed by atoms with Gasteiger partial charge in [-0.05, 0) is 38.7 Å². The predicted octanol–water partition coefficient (Wildman–Crippen LogP) is 3.37. The van der Waals surface area contributed by atoms with Gasteiger partial charge in [0.15, 0.2) is 11.8 Å². The summed E-state index contributed by atoms with van der Waals surface area (Å²) in [5.41, 5.74) is 2.55.